The Bertz CT molecular complexity index is 1050. The van der Waals surface area contributed by atoms with Crippen LogP contribution < -0.4 is 15.0 Å². The molecular weight excluding hydrogens is 403 g/mol. The number of anilines is 2. The van der Waals surface area contributed by atoms with E-state index in [1.54, 1.807) is 23.6 Å². The van der Waals surface area contributed by atoms with Crippen LogP contribution in [0.3, 0.4) is 0 Å². The van der Waals surface area contributed by atoms with Gasteiger partial charge in [0, 0.05) is 28.9 Å². The average molecular weight is 419 g/mol. The number of nitrogens with one attached hydrogen (secondary N) is 1. The fraction of sp³-hybridized carbons (Fsp3) is 0.200. The molecule has 0 unspecified atom stereocenters. The molecule has 2 amide bonds. The molecule has 0 atom stereocenters. The quantitative estimate of drug-likeness (QED) is 0.616. The summed E-state index contributed by atoms with van der Waals surface area (Å²) in [7, 11) is 1.20. The Balaban J connectivity index is 1.60. The first-order valence-electron chi connectivity index (χ1n) is 8.72. The second-order valence-corrected chi connectivity index (χ2v) is 7.40. The molecule has 0 bridgehead atoms. The molecule has 2 aromatic heterocycles. The molecular formula is C20H16F3N3O2S. The summed E-state index contributed by atoms with van der Waals surface area (Å²) in [6, 6.07) is 7.45. The van der Waals surface area contributed by atoms with Gasteiger partial charge in [-0.2, -0.15) is 13.2 Å². The standard InChI is InChI=1S/C20H16F3N3O2S/c1-28-17-8-12-4-5-26(16(12)9-15(17)20(21,22)23)19(27)25-14-7-13(10-24-11-14)18-3-2-6-29-18/h2-3,6-11H,4-5H2,1H3,(H,25,27). The average Bonchev–Trinajstić information content (AvgIpc) is 3.36. The largest absolute Gasteiger partial charge is 0.496 e. The van der Waals surface area contributed by atoms with Gasteiger partial charge < -0.3 is 10.1 Å². The Morgan fingerprint density at radius 2 is 2.10 bits per heavy atom. The Kier molecular flexibility index (Phi) is 4.91. The zero-order valence-electron chi connectivity index (χ0n) is 15.3. The lowest BCUT2D eigenvalue weighted by Crippen LogP contribution is -2.33. The zero-order chi connectivity index (χ0) is 20.6. The van der Waals surface area contributed by atoms with E-state index >= 15 is 0 Å². The molecule has 0 spiro atoms. The van der Waals surface area contributed by atoms with Gasteiger partial charge in [0.25, 0.3) is 0 Å². The maximum Gasteiger partial charge on any atom is 0.420 e. The van der Waals surface area contributed by atoms with E-state index in [0.717, 1.165) is 16.5 Å². The lowest BCUT2D eigenvalue weighted by Gasteiger charge is -2.20. The number of aromatic nitrogens is 1. The molecule has 0 saturated heterocycles. The summed E-state index contributed by atoms with van der Waals surface area (Å²) in [6.07, 6.45) is -0.940. The molecule has 5 nitrogen and oxygen atoms in total. The first-order valence-corrected chi connectivity index (χ1v) is 9.60. The highest BCUT2D eigenvalue weighted by molar-refractivity contribution is 7.13. The smallest absolute Gasteiger partial charge is 0.420 e. The Labute approximate surface area is 168 Å². The van der Waals surface area contributed by atoms with Crippen molar-refractivity contribution in [2.24, 2.45) is 0 Å². The van der Waals surface area contributed by atoms with E-state index < -0.39 is 17.8 Å². The minimum atomic E-state index is -4.58. The topological polar surface area (TPSA) is 54.5 Å². The molecule has 3 aromatic rings. The highest BCUT2D eigenvalue weighted by Crippen LogP contribution is 2.42. The number of halogens is 3. The number of carbonyl (C=O) groups excluding carboxylic acids is 1. The van der Waals surface area contributed by atoms with E-state index in [9.17, 15) is 18.0 Å². The lowest BCUT2D eigenvalue weighted by atomic mass is 10.1. The van der Waals surface area contributed by atoms with Crippen LogP contribution in [0.25, 0.3) is 10.4 Å². The third-order valence-corrected chi connectivity index (χ3v) is 5.56. The molecule has 1 aromatic carbocycles. The minimum absolute atomic E-state index is 0.234. The van der Waals surface area contributed by atoms with Crippen molar-refractivity contribution >= 4 is 28.7 Å². The number of hydrogen-bond acceptors (Lipinski definition) is 4. The minimum Gasteiger partial charge on any atom is -0.496 e. The Morgan fingerprint density at radius 3 is 2.79 bits per heavy atom. The third kappa shape index (κ3) is 3.77. The van der Waals surface area contributed by atoms with Crippen molar-refractivity contribution in [3.63, 3.8) is 0 Å². The summed E-state index contributed by atoms with van der Waals surface area (Å²) in [6.45, 7) is 0.281. The van der Waals surface area contributed by atoms with Gasteiger partial charge in [-0.25, -0.2) is 4.79 Å². The van der Waals surface area contributed by atoms with Gasteiger partial charge in [-0.1, -0.05) is 6.07 Å². The van der Waals surface area contributed by atoms with Crippen molar-refractivity contribution in [2.75, 3.05) is 23.9 Å². The van der Waals surface area contributed by atoms with E-state index in [1.165, 1.54) is 24.3 Å². The predicted molar refractivity (Wildman–Crippen MR) is 106 cm³/mol. The number of carbonyl (C=O) groups is 1. The number of ether oxygens (including phenoxy) is 1. The van der Waals surface area contributed by atoms with Crippen molar-refractivity contribution in [2.45, 2.75) is 12.6 Å². The first-order chi connectivity index (χ1) is 13.9. The molecule has 1 N–H and O–H groups in total. The van der Waals surface area contributed by atoms with Crippen molar-refractivity contribution < 1.29 is 22.7 Å². The van der Waals surface area contributed by atoms with Crippen LogP contribution in [-0.2, 0) is 12.6 Å². The van der Waals surface area contributed by atoms with Crippen LogP contribution in [0.1, 0.15) is 11.1 Å². The second-order valence-electron chi connectivity index (χ2n) is 6.45. The molecule has 29 heavy (non-hydrogen) atoms. The molecule has 4 rings (SSSR count). The normalized spacial score (nSPS) is 13.3. The molecule has 9 heteroatoms. The highest BCUT2D eigenvalue weighted by atomic mass is 32.1. The van der Waals surface area contributed by atoms with Gasteiger partial charge in [-0.15, -0.1) is 11.3 Å². The van der Waals surface area contributed by atoms with E-state index in [0.29, 0.717) is 17.7 Å². The Hall–Kier alpha value is -3.07. The molecule has 3 heterocycles. The van der Waals surface area contributed by atoms with Crippen molar-refractivity contribution in [3.05, 3.63) is 59.2 Å². The number of rotatable bonds is 3. The fourth-order valence-electron chi connectivity index (χ4n) is 3.29. The third-order valence-electron chi connectivity index (χ3n) is 4.64. The van der Waals surface area contributed by atoms with Gasteiger partial charge >= 0.3 is 12.2 Å². The van der Waals surface area contributed by atoms with Crippen LogP contribution in [0, 0.1) is 0 Å². The van der Waals surface area contributed by atoms with E-state index in [2.05, 4.69) is 10.3 Å². The number of benzene rings is 1. The summed E-state index contributed by atoms with van der Waals surface area (Å²) >= 11 is 1.55. The second kappa shape index (κ2) is 7.40. The van der Waals surface area contributed by atoms with Crippen LogP contribution in [0.2, 0.25) is 0 Å². The van der Waals surface area contributed by atoms with Gasteiger partial charge in [-0.05, 0) is 41.6 Å². The number of urea groups is 1. The van der Waals surface area contributed by atoms with Crippen LogP contribution in [0.4, 0.5) is 29.3 Å². The summed E-state index contributed by atoms with van der Waals surface area (Å²) in [5.41, 5.74) is 1.29. The van der Waals surface area contributed by atoms with Crippen LogP contribution in [-0.4, -0.2) is 24.7 Å². The number of methoxy groups -OCH3 is 1. The summed E-state index contributed by atoms with van der Waals surface area (Å²) in [5.74, 6) is -0.244. The number of hydrogen-bond donors (Lipinski definition) is 1. The van der Waals surface area contributed by atoms with Gasteiger partial charge in [0.15, 0.2) is 0 Å². The Morgan fingerprint density at radius 1 is 1.28 bits per heavy atom. The summed E-state index contributed by atoms with van der Waals surface area (Å²) in [4.78, 5) is 19.2. The summed E-state index contributed by atoms with van der Waals surface area (Å²) < 4.78 is 44.9. The number of pyridine rings is 1. The maximum absolute atomic E-state index is 13.4. The van der Waals surface area contributed by atoms with Crippen LogP contribution in [0.15, 0.2) is 48.1 Å². The SMILES string of the molecule is COc1cc2c(cc1C(F)(F)F)N(C(=O)Nc1cncc(-c3cccs3)c1)CC2. The van der Waals surface area contributed by atoms with Crippen molar-refractivity contribution in [3.8, 4) is 16.2 Å². The highest BCUT2D eigenvalue weighted by Gasteiger charge is 2.37. The monoisotopic (exact) mass is 419 g/mol. The van der Waals surface area contributed by atoms with Gasteiger partial charge in [0.1, 0.15) is 5.75 Å². The fourth-order valence-corrected chi connectivity index (χ4v) is 4.00. The molecule has 0 fully saturated rings. The van der Waals surface area contributed by atoms with E-state index in [1.807, 2.05) is 17.5 Å². The van der Waals surface area contributed by atoms with E-state index in [4.69, 9.17) is 4.74 Å². The maximum atomic E-state index is 13.4. The van der Waals surface area contributed by atoms with Crippen LogP contribution >= 0.6 is 11.3 Å². The number of nitrogens with zero attached hydrogens (tertiary/aromatic N) is 2. The lowest BCUT2D eigenvalue weighted by molar-refractivity contribution is -0.138. The molecule has 1 aliphatic heterocycles. The molecule has 0 aliphatic carbocycles. The summed E-state index contributed by atoms with van der Waals surface area (Å²) in [5, 5.41) is 4.67. The van der Waals surface area contributed by atoms with Crippen molar-refractivity contribution in [1.82, 2.24) is 4.98 Å². The van der Waals surface area contributed by atoms with Crippen molar-refractivity contribution in [1.29, 1.82) is 0 Å². The molecule has 0 saturated carbocycles. The number of fused-ring (bicyclic) bond motifs is 1. The number of alkyl halides is 3. The number of amides is 2. The molecule has 1 aliphatic rings. The predicted octanol–water partition coefficient (Wildman–Crippen LogP) is 5.43. The first kappa shape index (κ1) is 19.3. The van der Waals surface area contributed by atoms with Crippen LogP contribution in [0.5, 0.6) is 5.75 Å². The zero-order valence-corrected chi connectivity index (χ0v) is 16.1. The molecule has 150 valence electrons. The van der Waals surface area contributed by atoms with Gasteiger partial charge in [0.05, 0.1) is 24.6 Å². The van der Waals surface area contributed by atoms with E-state index in [-0.39, 0.29) is 18.0 Å². The van der Waals surface area contributed by atoms with Gasteiger partial charge in [0.2, 0.25) is 0 Å². The molecule has 0 radical (unpaired) electrons. The number of thiophene rings is 1. The van der Waals surface area contributed by atoms with Gasteiger partial charge in [-0.3, -0.25) is 9.88 Å².